The molecule has 0 amide bonds. The molecule has 0 saturated carbocycles. The Kier molecular flexibility index (Phi) is 3.42. The Bertz CT molecular complexity index is 540. The molecule has 0 bridgehead atoms. The molecule has 1 aliphatic heterocycles. The van der Waals surface area contributed by atoms with E-state index in [-0.39, 0.29) is 0 Å². The molecule has 1 saturated heterocycles. The maximum absolute atomic E-state index is 4.50. The number of nitrogens with zero attached hydrogens (tertiary/aromatic N) is 3. The van der Waals surface area contributed by atoms with Crippen molar-refractivity contribution in [3.63, 3.8) is 0 Å². The van der Waals surface area contributed by atoms with Gasteiger partial charge in [-0.05, 0) is 38.4 Å². The molecule has 1 aliphatic rings. The number of aromatic nitrogens is 3. The zero-order valence-electron chi connectivity index (χ0n) is 11.8. The minimum atomic E-state index is 0.558. The molecule has 1 atom stereocenters. The van der Waals surface area contributed by atoms with E-state index >= 15 is 0 Å². The summed E-state index contributed by atoms with van der Waals surface area (Å²) in [6.45, 7) is 5.42. The van der Waals surface area contributed by atoms with Crippen molar-refractivity contribution in [2.24, 2.45) is 7.05 Å². The van der Waals surface area contributed by atoms with Crippen LogP contribution >= 0.6 is 0 Å². The smallest absolute Gasteiger partial charge is 0.110 e. The highest BCUT2D eigenvalue weighted by Crippen LogP contribution is 2.25. The maximum atomic E-state index is 4.50. The Balaban J connectivity index is 1.66. The van der Waals surface area contributed by atoms with Crippen molar-refractivity contribution >= 4 is 0 Å². The van der Waals surface area contributed by atoms with Crippen molar-refractivity contribution in [3.05, 3.63) is 41.7 Å². The van der Waals surface area contributed by atoms with Gasteiger partial charge in [-0.2, -0.15) is 0 Å². The van der Waals surface area contributed by atoms with Gasteiger partial charge in [0, 0.05) is 49.8 Å². The van der Waals surface area contributed by atoms with Crippen molar-refractivity contribution in [1.82, 2.24) is 19.4 Å². The summed E-state index contributed by atoms with van der Waals surface area (Å²) in [6, 6.07) is 4.33. The second-order valence-electron chi connectivity index (χ2n) is 5.64. The SMILES string of the molecule is Cc1cnc(C2CCCN(Cc3cccn3C)C2)[nH]1. The van der Waals surface area contributed by atoms with E-state index in [1.54, 1.807) is 0 Å². The largest absolute Gasteiger partial charge is 0.353 e. The molecule has 3 rings (SSSR count). The number of rotatable bonds is 3. The summed E-state index contributed by atoms with van der Waals surface area (Å²) in [5, 5.41) is 0. The molecule has 4 nitrogen and oxygen atoms in total. The Morgan fingerprint density at radius 1 is 1.47 bits per heavy atom. The lowest BCUT2D eigenvalue weighted by Gasteiger charge is -2.31. The van der Waals surface area contributed by atoms with Crippen LogP contribution in [0.25, 0.3) is 0 Å². The molecule has 0 aliphatic carbocycles. The van der Waals surface area contributed by atoms with Crippen LogP contribution in [0.15, 0.2) is 24.5 Å². The van der Waals surface area contributed by atoms with Crippen LogP contribution in [0.1, 0.15) is 36.0 Å². The quantitative estimate of drug-likeness (QED) is 0.918. The first kappa shape index (κ1) is 12.5. The molecule has 0 aromatic carbocycles. The van der Waals surface area contributed by atoms with E-state index in [9.17, 15) is 0 Å². The van der Waals surface area contributed by atoms with Gasteiger partial charge in [0.05, 0.1) is 0 Å². The van der Waals surface area contributed by atoms with E-state index < -0.39 is 0 Å². The lowest BCUT2D eigenvalue weighted by Crippen LogP contribution is -2.34. The van der Waals surface area contributed by atoms with Crippen LogP contribution in [0.3, 0.4) is 0 Å². The fourth-order valence-corrected chi connectivity index (χ4v) is 2.95. The van der Waals surface area contributed by atoms with Gasteiger partial charge in [-0.3, -0.25) is 4.90 Å². The second kappa shape index (κ2) is 5.21. The molecule has 0 spiro atoms. The fraction of sp³-hybridized carbons (Fsp3) is 0.533. The average molecular weight is 258 g/mol. The van der Waals surface area contributed by atoms with Gasteiger partial charge in [0.2, 0.25) is 0 Å². The summed E-state index contributed by atoms with van der Waals surface area (Å²) in [4.78, 5) is 10.4. The highest BCUT2D eigenvalue weighted by atomic mass is 15.2. The maximum Gasteiger partial charge on any atom is 0.110 e. The molecule has 19 heavy (non-hydrogen) atoms. The van der Waals surface area contributed by atoms with Crippen LogP contribution in [0.2, 0.25) is 0 Å². The Morgan fingerprint density at radius 2 is 2.37 bits per heavy atom. The zero-order chi connectivity index (χ0) is 13.2. The minimum Gasteiger partial charge on any atom is -0.353 e. The van der Waals surface area contributed by atoms with Crippen molar-refractivity contribution in [2.45, 2.75) is 32.2 Å². The van der Waals surface area contributed by atoms with Crippen LogP contribution in [-0.4, -0.2) is 32.5 Å². The first-order chi connectivity index (χ1) is 9.22. The molecule has 0 radical (unpaired) electrons. The molecule has 1 unspecified atom stereocenters. The molecular weight excluding hydrogens is 236 g/mol. The standard InChI is InChI=1S/C15H22N4/c1-12-9-16-15(17-12)13-5-3-8-19(10-13)11-14-6-4-7-18(14)2/h4,6-7,9,13H,3,5,8,10-11H2,1-2H3,(H,16,17). The van der Waals surface area contributed by atoms with Gasteiger partial charge in [-0.25, -0.2) is 4.98 Å². The first-order valence-electron chi connectivity index (χ1n) is 7.06. The van der Waals surface area contributed by atoms with Crippen molar-refractivity contribution in [2.75, 3.05) is 13.1 Å². The number of aromatic amines is 1. The van der Waals surface area contributed by atoms with Crippen molar-refractivity contribution < 1.29 is 0 Å². The summed E-state index contributed by atoms with van der Waals surface area (Å²) in [7, 11) is 2.12. The topological polar surface area (TPSA) is 36.9 Å². The lowest BCUT2D eigenvalue weighted by atomic mass is 9.97. The summed E-state index contributed by atoms with van der Waals surface area (Å²) in [6.07, 6.45) is 6.56. The van der Waals surface area contributed by atoms with Crippen LogP contribution in [0.5, 0.6) is 0 Å². The van der Waals surface area contributed by atoms with Gasteiger partial charge in [-0.15, -0.1) is 0 Å². The zero-order valence-corrected chi connectivity index (χ0v) is 11.8. The van der Waals surface area contributed by atoms with Crippen molar-refractivity contribution in [3.8, 4) is 0 Å². The third kappa shape index (κ3) is 2.73. The Hall–Kier alpha value is -1.55. The minimum absolute atomic E-state index is 0.558. The fourth-order valence-electron chi connectivity index (χ4n) is 2.95. The van der Waals surface area contributed by atoms with E-state index in [1.807, 2.05) is 6.20 Å². The number of H-pyrrole nitrogens is 1. The molecule has 2 aromatic rings. The number of hydrogen-bond donors (Lipinski definition) is 1. The van der Waals surface area contributed by atoms with Crippen LogP contribution in [0, 0.1) is 6.92 Å². The molecule has 4 heteroatoms. The molecule has 2 aromatic heterocycles. The summed E-state index contributed by atoms with van der Waals surface area (Å²) in [5.41, 5.74) is 2.55. The van der Waals surface area contributed by atoms with E-state index in [4.69, 9.17) is 0 Å². The Morgan fingerprint density at radius 3 is 3.05 bits per heavy atom. The van der Waals surface area contributed by atoms with Gasteiger partial charge in [0.15, 0.2) is 0 Å². The summed E-state index contributed by atoms with van der Waals surface area (Å²) < 4.78 is 2.21. The third-order valence-corrected chi connectivity index (χ3v) is 4.05. The normalized spacial score (nSPS) is 20.8. The van der Waals surface area contributed by atoms with Gasteiger partial charge in [0.25, 0.3) is 0 Å². The summed E-state index contributed by atoms with van der Waals surface area (Å²) in [5.74, 6) is 1.72. The van der Waals surface area contributed by atoms with E-state index in [0.29, 0.717) is 5.92 Å². The van der Waals surface area contributed by atoms with E-state index in [2.05, 4.69) is 51.7 Å². The molecule has 1 fully saturated rings. The van der Waals surface area contributed by atoms with Gasteiger partial charge in [0.1, 0.15) is 5.82 Å². The van der Waals surface area contributed by atoms with E-state index in [0.717, 1.165) is 24.6 Å². The monoisotopic (exact) mass is 258 g/mol. The number of imidazole rings is 1. The van der Waals surface area contributed by atoms with Gasteiger partial charge in [-0.1, -0.05) is 0 Å². The predicted molar refractivity (Wildman–Crippen MR) is 76.0 cm³/mol. The molecular formula is C15H22N4. The first-order valence-corrected chi connectivity index (χ1v) is 7.06. The predicted octanol–water partition coefficient (Wildman–Crippen LogP) is 2.44. The number of hydrogen-bond acceptors (Lipinski definition) is 2. The lowest BCUT2D eigenvalue weighted by molar-refractivity contribution is 0.193. The average Bonchev–Trinajstić information content (AvgIpc) is 3.00. The Labute approximate surface area is 114 Å². The van der Waals surface area contributed by atoms with Crippen LogP contribution < -0.4 is 0 Å². The molecule has 3 heterocycles. The summed E-state index contributed by atoms with van der Waals surface area (Å²) >= 11 is 0. The van der Waals surface area contributed by atoms with Gasteiger partial charge < -0.3 is 9.55 Å². The highest BCUT2D eigenvalue weighted by molar-refractivity contribution is 5.08. The van der Waals surface area contributed by atoms with Crippen LogP contribution in [-0.2, 0) is 13.6 Å². The molecule has 1 N–H and O–H groups in total. The number of aryl methyl sites for hydroxylation is 2. The molecule has 102 valence electrons. The number of piperidine rings is 1. The highest BCUT2D eigenvalue weighted by Gasteiger charge is 2.23. The van der Waals surface area contributed by atoms with E-state index in [1.165, 1.54) is 25.1 Å². The number of likely N-dealkylation sites (tertiary alicyclic amines) is 1. The van der Waals surface area contributed by atoms with Gasteiger partial charge >= 0.3 is 0 Å². The third-order valence-electron chi connectivity index (χ3n) is 4.05. The number of nitrogens with one attached hydrogen (secondary N) is 1. The van der Waals surface area contributed by atoms with Crippen molar-refractivity contribution in [1.29, 1.82) is 0 Å². The second-order valence-corrected chi connectivity index (χ2v) is 5.64. The van der Waals surface area contributed by atoms with Crippen LogP contribution in [0.4, 0.5) is 0 Å².